The molecule has 0 saturated heterocycles. The van der Waals surface area contributed by atoms with Gasteiger partial charge in [-0.2, -0.15) is 13.2 Å². The van der Waals surface area contributed by atoms with Crippen LogP contribution in [0.3, 0.4) is 0 Å². The van der Waals surface area contributed by atoms with E-state index in [1.54, 1.807) is 12.3 Å². The van der Waals surface area contributed by atoms with E-state index < -0.39 is 17.6 Å². The summed E-state index contributed by atoms with van der Waals surface area (Å²) < 4.78 is 56.6. The quantitative estimate of drug-likeness (QED) is 0.607. The molecule has 1 aliphatic rings. The largest absolute Gasteiger partial charge is 0.416 e. The van der Waals surface area contributed by atoms with E-state index in [9.17, 15) is 17.6 Å². The molecule has 0 atom stereocenters. The number of aliphatic imine (C=N–C) groups is 1. The van der Waals surface area contributed by atoms with Gasteiger partial charge in [0.15, 0.2) is 0 Å². The first-order valence-corrected chi connectivity index (χ1v) is 8.97. The molecule has 4 nitrogen and oxygen atoms in total. The molecule has 0 spiro atoms. The number of rotatable bonds is 3. The minimum Gasteiger partial charge on any atom is -0.304 e. The van der Waals surface area contributed by atoms with E-state index in [1.807, 2.05) is 23.6 Å². The van der Waals surface area contributed by atoms with Gasteiger partial charge in [-0.25, -0.2) is 9.37 Å². The molecule has 4 rings (SSSR count). The monoisotopic (exact) mass is 402 g/mol. The lowest BCUT2D eigenvalue weighted by atomic mass is 9.97. The van der Waals surface area contributed by atoms with Crippen LogP contribution in [0, 0.1) is 5.82 Å². The van der Waals surface area contributed by atoms with Crippen LogP contribution in [0.2, 0.25) is 0 Å². The third kappa shape index (κ3) is 3.55. The molecule has 2 aromatic carbocycles. The van der Waals surface area contributed by atoms with Crippen LogP contribution in [0.4, 0.5) is 17.6 Å². The summed E-state index contributed by atoms with van der Waals surface area (Å²) >= 11 is 0. The number of imidazole rings is 1. The maximum Gasteiger partial charge on any atom is 0.416 e. The second kappa shape index (κ2) is 7.11. The molecule has 29 heavy (non-hydrogen) atoms. The molecule has 1 aliphatic heterocycles. The zero-order valence-electron chi connectivity index (χ0n) is 15.8. The van der Waals surface area contributed by atoms with Crippen LogP contribution in [0.25, 0.3) is 5.69 Å². The number of alkyl halides is 3. The average Bonchev–Trinajstić information content (AvgIpc) is 2.96. The first-order valence-electron chi connectivity index (χ1n) is 8.97. The molecular formula is C21H18F4N4. The molecule has 0 saturated carbocycles. The SMILES string of the molecule is CN(C)Cc1cnc2n1-c1ccc(C(F)(F)F)cc1C(c1ccccc1F)=NC2. The van der Waals surface area contributed by atoms with Crippen molar-refractivity contribution in [1.82, 2.24) is 14.5 Å². The fourth-order valence-corrected chi connectivity index (χ4v) is 3.49. The van der Waals surface area contributed by atoms with Gasteiger partial charge in [-0.3, -0.25) is 9.56 Å². The second-order valence-corrected chi connectivity index (χ2v) is 7.11. The minimum atomic E-state index is -4.52. The number of aromatic nitrogens is 2. The molecule has 0 fully saturated rings. The van der Waals surface area contributed by atoms with Gasteiger partial charge in [0, 0.05) is 17.7 Å². The predicted molar refractivity (Wildman–Crippen MR) is 102 cm³/mol. The van der Waals surface area contributed by atoms with Crippen molar-refractivity contribution in [3.8, 4) is 5.69 Å². The maximum absolute atomic E-state index is 14.5. The van der Waals surface area contributed by atoms with Crippen LogP contribution < -0.4 is 0 Å². The number of halogens is 4. The zero-order chi connectivity index (χ0) is 20.8. The Labute approximate surface area is 165 Å². The minimum absolute atomic E-state index is 0.132. The van der Waals surface area contributed by atoms with E-state index in [1.165, 1.54) is 24.3 Å². The van der Waals surface area contributed by atoms with Gasteiger partial charge in [-0.05, 0) is 44.4 Å². The topological polar surface area (TPSA) is 33.4 Å². The van der Waals surface area contributed by atoms with Gasteiger partial charge in [0.1, 0.15) is 11.6 Å². The molecule has 2 heterocycles. The summed E-state index contributed by atoms with van der Waals surface area (Å²) in [5.74, 6) is 0.0527. The first kappa shape index (κ1) is 19.3. The fourth-order valence-electron chi connectivity index (χ4n) is 3.49. The number of hydrogen-bond acceptors (Lipinski definition) is 3. The molecule has 1 aromatic heterocycles. The number of benzene rings is 2. The van der Waals surface area contributed by atoms with Crippen molar-refractivity contribution in [3.05, 3.63) is 82.7 Å². The van der Waals surface area contributed by atoms with Crippen molar-refractivity contribution in [1.29, 1.82) is 0 Å². The van der Waals surface area contributed by atoms with Gasteiger partial charge in [-0.1, -0.05) is 12.1 Å². The molecule has 8 heteroatoms. The van der Waals surface area contributed by atoms with Gasteiger partial charge in [0.2, 0.25) is 0 Å². The lowest BCUT2D eigenvalue weighted by Gasteiger charge is -2.18. The van der Waals surface area contributed by atoms with Crippen LogP contribution in [-0.2, 0) is 19.3 Å². The van der Waals surface area contributed by atoms with Crippen LogP contribution in [0.5, 0.6) is 0 Å². The van der Waals surface area contributed by atoms with Gasteiger partial charge < -0.3 is 4.90 Å². The summed E-state index contributed by atoms with van der Waals surface area (Å²) in [5, 5.41) is 0. The standard InChI is InChI=1S/C21H18F4N4/c1-28(2)12-14-10-26-19-11-27-20(15-5-3-4-6-17(15)22)16-9-13(21(23,24)25)7-8-18(16)29(14)19/h3-10H,11-12H2,1-2H3. The number of fused-ring (bicyclic) bond motifs is 3. The van der Waals surface area contributed by atoms with E-state index in [0.29, 0.717) is 18.1 Å². The second-order valence-electron chi connectivity index (χ2n) is 7.11. The molecule has 0 aliphatic carbocycles. The van der Waals surface area contributed by atoms with Gasteiger partial charge >= 0.3 is 6.18 Å². The molecular weight excluding hydrogens is 384 g/mol. The van der Waals surface area contributed by atoms with E-state index in [-0.39, 0.29) is 23.4 Å². The predicted octanol–water partition coefficient (Wildman–Crippen LogP) is 4.44. The first-order chi connectivity index (χ1) is 13.8. The van der Waals surface area contributed by atoms with Crippen molar-refractivity contribution in [2.75, 3.05) is 14.1 Å². The Morgan fingerprint density at radius 3 is 2.52 bits per heavy atom. The number of nitrogens with zero attached hydrogens (tertiary/aromatic N) is 4. The van der Waals surface area contributed by atoms with E-state index in [4.69, 9.17) is 0 Å². The van der Waals surface area contributed by atoms with Crippen molar-refractivity contribution in [2.24, 2.45) is 4.99 Å². The molecule has 0 radical (unpaired) electrons. The molecule has 150 valence electrons. The van der Waals surface area contributed by atoms with Gasteiger partial charge in [-0.15, -0.1) is 0 Å². The highest BCUT2D eigenvalue weighted by atomic mass is 19.4. The molecule has 3 aromatic rings. The average molecular weight is 402 g/mol. The molecule has 0 N–H and O–H groups in total. The summed E-state index contributed by atoms with van der Waals surface area (Å²) in [6.07, 6.45) is -2.83. The highest BCUT2D eigenvalue weighted by Crippen LogP contribution is 2.34. The highest BCUT2D eigenvalue weighted by molar-refractivity contribution is 6.15. The van der Waals surface area contributed by atoms with Crippen molar-refractivity contribution in [3.63, 3.8) is 0 Å². The van der Waals surface area contributed by atoms with Crippen molar-refractivity contribution < 1.29 is 17.6 Å². The Morgan fingerprint density at radius 2 is 1.83 bits per heavy atom. The summed E-state index contributed by atoms with van der Waals surface area (Å²) in [7, 11) is 3.79. The van der Waals surface area contributed by atoms with E-state index in [0.717, 1.165) is 17.8 Å². The lowest BCUT2D eigenvalue weighted by molar-refractivity contribution is -0.137. The Kier molecular flexibility index (Phi) is 4.74. The summed E-state index contributed by atoms with van der Waals surface area (Å²) in [6, 6.07) is 9.43. The van der Waals surface area contributed by atoms with E-state index >= 15 is 0 Å². The van der Waals surface area contributed by atoms with Crippen LogP contribution in [0.1, 0.15) is 28.2 Å². The van der Waals surface area contributed by atoms with Crippen LogP contribution in [-0.4, -0.2) is 34.3 Å². The van der Waals surface area contributed by atoms with Crippen LogP contribution in [0.15, 0.2) is 53.7 Å². The Morgan fingerprint density at radius 1 is 1.07 bits per heavy atom. The zero-order valence-corrected chi connectivity index (χ0v) is 15.8. The van der Waals surface area contributed by atoms with Crippen molar-refractivity contribution in [2.45, 2.75) is 19.3 Å². The Bertz CT molecular complexity index is 1100. The summed E-state index contributed by atoms with van der Waals surface area (Å²) in [5.41, 5.74) is 1.08. The van der Waals surface area contributed by atoms with E-state index in [2.05, 4.69) is 9.98 Å². The lowest BCUT2D eigenvalue weighted by Crippen LogP contribution is -2.17. The van der Waals surface area contributed by atoms with Crippen molar-refractivity contribution >= 4 is 5.71 Å². The highest BCUT2D eigenvalue weighted by Gasteiger charge is 2.33. The number of hydrogen-bond donors (Lipinski definition) is 0. The molecule has 0 unspecified atom stereocenters. The smallest absolute Gasteiger partial charge is 0.304 e. The molecule has 0 bridgehead atoms. The normalized spacial score (nSPS) is 13.7. The third-order valence-corrected chi connectivity index (χ3v) is 4.71. The Hall–Kier alpha value is -3.00. The Balaban J connectivity index is 1.98. The van der Waals surface area contributed by atoms with Crippen LogP contribution >= 0.6 is 0 Å². The van der Waals surface area contributed by atoms with Gasteiger partial charge in [0.25, 0.3) is 0 Å². The maximum atomic E-state index is 14.5. The summed E-state index contributed by atoms with van der Waals surface area (Å²) in [4.78, 5) is 10.8. The third-order valence-electron chi connectivity index (χ3n) is 4.71. The fraction of sp³-hybridized carbons (Fsp3) is 0.238. The van der Waals surface area contributed by atoms with Gasteiger partial charge in [0.05, 0.1) is 35.4 Å². The molecule has 0 amide bonds. The summed E-state index contributed by atoms with van der Waals surface area (Å²) in [6.45, 7) is 0.676.